The largest absolute Gasteiger partial charge is 0.306 e. The third-order valence-electron chi connectivity index (χ3n) is 4.26. The van der Waals surface area contributed by atoms with Crippen molar-refractivity contribution in [2.24, 2.45) is 5.41 Å². The van der Waals surface area contributed by atoms with Crippen molar-refractivity contribution in [2.75, 3.05) is 0 Å². The van der Waals surface area contributed by atoms with Crippen LogP contribution in [0.25, 0.3) is 0 Å². The summed E-state index contributed by atoms with van der Waals surface area (Å²) in [5, 5.41) is 7.52. The van der Waals surface area contributed by atoms with Gasteiger partial charge in [-0.2, -0.15) is 0 Å². The van der Waals surface area contributed by atoms with E-state index in [1.54, 1.807) is 6.92 Å². The van der Waals surface area contributed by atoms with Crippen molar-refractivity contribution in [3.05, 3.63) is 65.0 Å². The monoisotopic (exact) mass is 325 g/mol. The lowest BCUT2D eigenvalue weighted by atomic mass is 9.79. The fourth-order valence-corrected chi connectivity index (χ4v) is 2.30. The van der Waals surface area contributed by atoms with Gasteiger partial charge in [-0.1, -0.05) is 52.0 Å². The molecule has 0 aliphatic rings. The summed E-state index contributed by atoms with van der Waals surface area (Å²) in [4.78, 5) is 0. The molecule has 1 nitrogen and oxygen atoms in total. The molecule has 0 spiro atoms. The molecule has 132 valence electrons. The van der Waals surface area contributed by atoms with Crippen molar-refractivity contribution >= 4 is 5.71 Å². The zero-order valence-corrected chi connectivity index (χ0v) is 16.7. The van der Waals surface area contributed by atoms with E-state index in [9.17, 15) is 0 Å². The first-order valence-electron chi connectivity index (χ1n) is 8.84. The van der Waals surface area contributed by atoms with Gasteiger partial charge in [0.15, 0.2) is 0 Å². The first-order chi connectivity index (χ1) is 11.2. The van der Waals surface area contributed by atoms with E-state index in [1.165, 1.54) is 16.7 Å². The van der Waals surface area contributed by atoms with E-state index in [2.05, 4.69) is 72.1 Å². The van der Waals surface area contributed by atoms with Gasteiger partial charge in [0.25, 0.3) is 0 Å². The van der Waals surface area contributed by atoms with Gasteiger partial charge in [0.2, 0.25) is 0 Å². The summed E-state index contributed by atoms with van der Waals surface area (Å²) in [5.41, 5.74) is 8.90. The summed E-state index contributed by atoms with van der Waals surface area (Å²) >= 11 is 0. The lowest BCUT2D eigenvalue weighted by Crippen LogP contribution is -2.13. The van der Waals surface area contributed by atoms with Crippen LogP contribution in [0.2, 0.25) is 0 Å². The highest BCUT2D eigenvalue weighted by Gasteiger charge is 2.20. The Morgan fingerprint density at radius 1 is 1.12 bits per heavy atom. The Bertz CT molecular complexity index is 600. The molecule has 0 atom stereocenters. The first kappa shape index (κ1) is 22.1. The van der Waals surface area contributed by atoms with Gasteiger partial charge in [0.1, 0.15) is 0 Å². The van der Waals surface area contributed by atoms with Crippen molar-refractivity contribution in [3.63, 3.8) is 0 Å². The van der Waals surface area contributed by atoms with E-state index in [0.717, 1.165) is 24.8 Å². The summed E-state index contributed by atoms with van der Waals surface area (Å²) in [7, 11) is 0. The van der Waals surface area contributed by atoms with Crippen molar-refractivity contribution in [1.82, 2.24) is 0 Å². The highest BCUT2D eigenvalue weighted by molar-refractivity contribution is 5.90. The van der Waals surface area contributed by atoms with Gasteiger partial charge in [0, 0.05) is 5.71 Å². The molecule has 0 heterocycles. The van der Waals surface area contributed by atoms with Gasteiger partial charge < -0.3 is 5.41 Å². The molecular formula is C23H35N. The Morgan fingerprint density at radius 3 is 2.21 bits per heavy atom. The standard InChI is InChI=1S/C23H35N/c1-9-12-22(18(4)10-2)16-15-21(11-3)17-23(7,8)19(5)13-14-20(6)24/h10-11,13-15,24H,5,9,12,17H2,1-4,6-8H3/b14-13-,18-10+,21-11-,24-20?. The lowest BCUT2D eigenvalue weighted by Gasteiger charge is -2.26. The predicted octanol–water partition coefficient (Wildman–Crippen LogP) is 7.35. The number of rotatable bonds is 9. The zero-order valence-electron chi connectivity index (χ0n) is 16.7. The molecule has 0 amide bonds. The van der Waals surface area contributed by atoms with E-state index in [1.807, 2.05) is 12.2 Å². The van der Waals surface area contributed by atoms with Crippen LogP contribution in [-0.4, -0.2) is 5.71 Å². The molecular weight excluding hydrogens is 290 g/mol. The summed E-state index contributed by atoms with van der Waals surface area (Å²) in [6.45, 7) is 18.9. The minimum atomic E-state index is -0.0491. The van der Waals surface area contributed by atoms with Crippen LogP contribution in [0.1, 0.15) is 67.7 Å². The van der Waals surface area contributed by atoms with E-state index < -0.39 is 0 Å². The molecule has 0 unspecified atom stereocenters. The molecule has 1 N–H and O–H groups in total. The van der Waals surface area contributed by atoms with Crippen molar-refractivity contribution in [1.29, 1.82) is 5.41 Å². The molecule has 0 bridgehead atoms. The summed E-state index contributed by atoms with van der Waals surface area (Å²) in [5.74, 6) is 0. The molecule has 0 aliphatic carbocycles. The van der Waals surface area contributed by atoms with E-state index in [4.69, 9.17) is 5.41 Å². The molecule has 0 aromatic rings. The molecule has 1 heteroatoms. The second-order valence-corrected chi connectivity index (χ2v) is 6.95. The fraction of sp³-hybridized carbons (Fsp3) is 0.478. The van der Waals surface area contributed by atoms with Crippen molar-refractivity contribution in [3.8, 4) is 0 Å². The van der Waals surface area contributed by atoms with Gasteiger partial charge in [-0.05, 0) is 80.4 Å². The molecule has 0 saturated heterocycles. The second-order valence-electron chi connectivity index (χ2n) is 6.95. The average molecular weight is 326 g/mol. The molecule has 0 fully saturated rings. The minimum absolute atomic E-state index is 0.0491. The third kappa shape index (κ3) is 8.13. The highest BCUT2D eigenvalue weighted by Crippen LogP contribution is 2.33. The average Bonchev–Trinajstić information content (AvgIpc) is 2.53. The van der Waals surface area contributed by atoms with Crippen LogP contribution < -0.4 is 0 Å². The number of hydrogen-bond donors (Lipinski definition) is 1. The molecule has 0 radical (unpaired) electrons. The lowest BCUT2D eigenvalue weighted by molar-refractivity contribution is 0.458. The highest BCUT2D eigenvalue weighted by atomic mass is 14.4. The van der Waals surface area contributed by atoms with Gasteiger partial charge in [-0.15, -0.1) is 5.73 Å². The predicted molar refractivity (Wildman–Crippen MR) is 110 cm³/mol. The van der Waals surface area contributed by atoms with Gasteiger partial charge in [-0.3, -0.25) is 0 Å². The van der Waals surface area contributed by atoms with E-state index in [-0.39, 0.29) is 5.41 Å². The summed E-state index contributed by atoms with van der Waals surface area (Å²) in [6.07, 6.45) is 13.3. The van der Waals surface area contributed by atoms with Crippen molar-refractivity contribution < 1.29 is 0 Å². The summed E-state index contributed by atoms with van der Waals surface area (Å²) < 4.78 is 0. The number of nitrogens with one attached hydrogen (secondary N) is 1. The Labute approximate surface area is 149 Å². The van der Waals surface area contributed by atoms with E-state index >= 15 is 0 Å². The number of hydrogen-bond acceptors (Lipinski definition) is 1. The van der Waals surface area contributed by atoms with Crippen LogP contribution in [0, 0.1) is 10.8 Å². The minimum Gasteiger partial charge on any atom is -0.306 e. The van der Waals surface area contributed by atoms with Crippen LogP contribution in [0.4, 0.5) is 0 Å². The fourth-order valence-electron chi connectivity index (χ4n) is 2.30. The smallest absolute Gasteiger partial charge is 0.0283 e. The third-order valence-corrected chi connectivity index (χ3v) is 4.26. The Balaban J connectivity index is 5.40. The maximum atomic E-state index is 7.52. The molecule has 0 aromatic carbocycles. The Morgan fingerprint density at radius 2 is 1.75 bits per heavy atom. The van der Waals surface area contributed by atoms with Crippen LogP contribution >= 0.6 is 0 Å². The molecule has 24 heavy (non-hydrogen) atoms. The maximum Gasteiger partial charge on any atom is 0.0283 e. The second kappa shape index (κ2) is 10.8. The quantitative estimate of drug-likeness (QED) is 0.260. The van der Waals surface area contributed by atoms with Gasteiger partial charge in [-0.25, -0.2) is 0 Å². The van der Waals surface area contributed by atoms with Crippen LogP contribution in [0.5, 0.6) is 0 Å². The molecule has 0 saturated carbocycles. The van der Waals surface area contributed by atoms with Crippen molar-refractivity contribution in [2.45, 2.75) is 67.7 Å². The van der Waals surface area contributed by atoms with Gasteiger partial charge >= 0.3 is 0 Å². The first-order valence-corrected chi connectivity index (χ1v) is 8.84. The van der Waals surface area contributed by atoms with E-state index in [0.29, 0.717) is 5.71 Å². The maximum absolute atomic E-state index is 7.52. The topological polar surface area (TPSA) is 23.9 Å². The normalized spacial score (nSPS) is 13.0. The summed E-state index contributed by atoms with van der Waals surface area (Å²) in [6, 6.07) is 0. The molecule has 0 rings (SSSR count). The number of allylic oxidation sites excluding steroid dienone is 8. The van der Waals surface area contributed by atoms with Crippen LogP contribution in [0.15, 0.2) is 65.0 Å². The Hall–Kier alpha value is -1.85. The molecule has 0 aliphatic heterocycles. The molecule has 0 aromatic heterocycles. The van der Waals surface area contributed by atoms with Gasteiger partial charge in [0.05, 0.1) is 0 Å². The van der Waals surface area contributed by atoms with Crippen LogP contribution in [-0.2, 0) is 0 Å². The van der Waals surface area contributed by atoms with Crippen LogP contribution in [0.3, 0.4) is 0 Å². The SMILES string of the molecule is C=C(/C=C\C(C)=N)C(C)(C)C/C(C=C=C(CCC)/C(C)=C/C)=C\C. The Kier molecular flexibility index (Phi) is 10.0. The zero-order chi connectivity index (χ0) is 18.8.